The van der Waals surface area contributed by atoms with E-state index in [1.807, 2.05) is 48.5 Å². The number of para-hydroxylation sites is 1. The first kappa shape index (κ1) is 16.1. The molecule has 0 radical (unpaired) electrons. The maximum absolute atomic E-state index is 11.8. The van der Waals surface area contributed by atoms with Crippen LogP contribution >= 0.6 is 11.8 Å². The summed E-state index contributed by atoms with van der Waals surface area (Å²) in [4.78, 5) is 12.3. The Balaban J connectivity index is 1.90. The molecule has 1 fully saturated rings. The van der Waals surface area contributed by atoms with Crippen LogP contribution in [0.15, 0.2) is 53.4 Å². The minimum absolute atomic E-state index is 0.126. The molecular weight excluding hydrogens is 324 g/mol. The van der Waals surface area contributed by atoms with Gasteiger partial charge in [0.1, 0.15) is 6.61 Å². The number of amides is 1. The van der Waals surface area contributed by atoms with Crippen LogP contribution in [0.5, 0.6) is 11.5 Å². The Kier molecular flexibility index (Phi) is 4.86. The van der Waals surface area contributed by atoms with Gasteiger partial charge in [-0.05, 0) is 29.5 Å². The van der Waals surface area contributed by atoms with Crippen LogP contribution in [0.4, 0.5) is 0 Å². The highest BCUT2D eigenvalue weighted by atomic mass is 32.2. The van der Waals surface area contributed by atoms with E-state index in [4.69, 9.17) is 14.9 Å². The molecular formula is C18H16N2O3S. The largest absolute Gasteiger partial charge is 0.493 e. The molecule has 122 valence electrons. The number of nitrogens with one attached hydrogen (secondary N) is 2. The number of methoxy groups -OCH3 is 1. The molecule has 0 bridgehead atoms. The van der Waals surface area contributed by atoms with E-state index in [-0.39, 0.29) is 11.1 Å². The van der Waals surface area contributed by atoms with E-state index >= 15 is 0 Å². The summed E-state index contributed by atoms with van der Waals surface area (Å²) in [6.45, 7) is 0.395. The maximum Gasteiger partial charge on any atom is 0.264 e. The third-order valence-corrected chi connectivity index (χ3v) is 4.23. The van der Waals surface area contributed by atoms with Gasteiger partial charge in [-0.25, -0.2) is 0 Å². The van der Waals surface area contributed by atoms with Crippen molar-refractivity contribution >= 4 is 28.9 Å². The highest BCUT2D eigenvalue weighted by Gasteiger charge is 2.23. The summed E-state index contributed by atoms with van der Waals surface area (Å²) in [5, 5.41) is 10.1. The Bertz CT molecular complexity index is 803. The number of ether oxygens (including phenoxy) is 2. The van der Waals surface area contributed by atoms with Gasteiger partial charge in [-0.3, -0.25) is 10.2 Å². The fraction of sp³-hybridized carbons (Fsp3) is 0.111. The summed E-state index contributed by atoms with van der Waals surface area (Å²) in [5.41, 5.74) is 1.77. The molecule has 2 N–H and O–H groups in total. The molecule has 1 heterocycles. The van der Waals surface area contributed by atoms with E-state index in [9.17, 15) is 4.79 Å². The fourth-order valence-corrected chi connectivity index (χ4v) is 2.97. The Morgan fingerprint density at radius 1 is 1.17 bits per heavy atom. The summed E-state index contributed by atoms with van der Waals surface area (Å²) in [6, 6.07) is 15.3. The molecule has 0 atom stereocenters. The zero-order valence-electron chi connectivity index (χ0n) is 13.0. The maximum atomic E-state index is 11.8. The predicted molar refractivity (Wildman–Crippen MR) is 95.2 cm³/mol. The number of hydrogen-bond acceptors (Lipinski definition) is 5. The van der Waals surface area contributed by atoms with Crippen LogP contribution in [0, 0.1) is 5.41 Å². The van der Waals surface area contributed by atoms with Gasteiger partial charge in [0.2, 0.25) is 0 Å². The molecule has 2 aromatic carbocycles. The second-order valence-corrected chi connectivity index (χ2v) is 6.10. The lowest BCUT2D eigenvalue weighted by Gasteiger charge is -2.13. The van der Waals surface area contributed by atoms with E-state index in [1.54, 1.807) is 13.2 Å². The molecule has 0 spiro atoms. The minimum Gasteiger partial charge on any atom is -0.493 e. The Labute approximate surface area is 144 Å². The molecule has 2 aromatic rings. The number of rotatable bonds is 5. The second-order valence-electron chi connectivity index (χ2n) is 5.05. The standard InChI is InChI=1S/C18H16N2O3S/c1-22-14-9-5-8-13(10-15-17(21)20-18(19)24-15)16(14)23-11-12-6-3-2-4-7-12/h2-10H,11H2,1H3,(H2,19,20,21). The van der Waals surface area contributed by atoms with E-state index in [0.717, 1.165) is 22.9 Å². The molecule has 1 amide bonds. The number of amidine groups is 1. The molecule has 0 unspecified atom stereocenters. The SMILES string of the molecule is COc1cccc(C=C2SC(=N)NC2=O)c1OCc1ccccc1. The van der Waals surface area contributed by atoms with Crippen molar-refractivity contribution in [2.75, 3.05) is 7.11 Å². The van der Waals surface area contributed by atoms with Crippen LogP contribution in [-0.2, 0) is 11.4 Å². The molecule has 5 nitrogen and oxygen atoms in total. The first-order chi connectivity index (χ1) is 11.7. The van der Waals surface area contributed by atoms with Crippen LogP contribution in [0.1, 0.15) is 11.1 Å². The topological polar surface area (TPSA) is 71.4 Å². The molecule has 3 rings (SSSR count). The van der Waals surface area contributed by atoms with Crippen LogP contribution in [-0.4, -0.2) is 18.2 Å². The van der Waals surface area contributed by atoms with E-state index in [2.05, 4.69) is 5.32 Å². The van der Waals surface area contributed by atoms with Gasteiger partial charge in [0.15, 0.2) is 16.7 Å². The van der Waals surface area contributed by atoms with Crippen molar-refractivity contribution in [2.24, 2.45) is 0 Å². The summed E-state index contributed by atoms with van der Waals surface area (Å²) >= 11 is 1.09. The van der Waals surface area contributed by atoms with Crippen molar-refractivity contribution < 1.29 is 14.3 Å². The fourth-order valence-electron chi connectivity index (χ4n) is 2.27. The van der Waals surface area contributed by atoms with Crippen molar-refractivity contribution in [1.82, 2.24) is 5.32 Å². The third-order valence-electron chi connectivity index (χ3n) is 3.40. The van der Waals surface area contributed by atoms with Gasteiger partial charge < -0.3 is 14.8 Å². The van der Waals surface area contributed by atoms with Crippen LogP contribution in [0.2, 0.25) is 0 Å². The Morgan fingerprint density at radius 3 is 2.62 bits per heavy atom. The van der Waals surface area contributed by atoms with Crippen molar-refractivity contribution in [3.05, 3.63) is 64.6 Å². The number of hydrogen-bond donors (Lipinski definition) is 2. The minimum atomic E-state index is -0.276. The molecule has 0 saturated carbocycles. The van der Waals surface area contributed by atoms with Gasteiger partial charge in [0, 0.05) is 5.56 Å². The third kappa shape index (κ3) is 3.60. The van der Waals surface area contributed by atoms with Crippen molar-refractivity contribution in [2.45, 2.75) is 6.61 Å². The number of carbonyl (C=O) groups is 1. The lowest BCUT2D eigenvalue weighted by molar-refractivity contribution is -0.115. The molecule has 24 heavy (non-hydrogen) atoms. The smallest absolute Gasteiger partial charge is 0.264 e. The van der Waals surface area contributed by atoms with Gasteiger partial charge in [-0.15, -0.1) is 0 Å². The molecule has 0 aliphatic carbocycles. The van der Waals surface area contributed by atoms with Gasteiger partial charge in [0.05, 0.1) is 12.0 Å². The highest BCUT2D eigenvalue weighted by molar-refractivity contribution is 8.18. The van der Waals surface area contributed by atoms with Gasteiger partial charge in [-0.1, -0.05) is 42.5 Å². The van der Waals surface area contributed by atoms with Gasteiger partial charge in [-0.2, -0.15) is 0 Å². The van der Waals surface area contributed by atoms with Crippen LogP contribution in [0.3, 0.4) is 0 Å². The zero-order chi connectivity index (χ0) is 16.9. The summed E-state index contributed by atoms with van der Waals surface area (Å²) in [7, 11) is 1.58. The molecule has 1 aliphatic rings. The molecule has 1 saturated heterocycles. The second kappa shape index (κ2) is 7.23. The number of benzene rings is 2. The van der Waals surface area contributed by atoms with E-state index in [0.29, 0.717) is 23.0 Å². The monoisotopic (exact) mass is 340 g/mol. The number of thioether (sulfide) groups is 1. The normalized spacial score (nSPS) is 15.5. The van der Waals surface area contributed by atoms with Crippen LogP contribution in [0.25, 0.3) is 6.08 Å². The number of carbonyl (C=O) groups excluding carboxylic acids is 1. The molecule has 0 aromatic heterocycles. The lowest BCUT2D eigenvalue weighted by atomic mass is 10.1. The Hall–Kier alpha value is -2.73. The lowest BCUT2D eigenvalue weighted by Crippen LogP contribution is -2.18. The molecule has 1 aliphatic heterocycles. The zero-order valence-corrected chi connectivity index (χ0v) is 13.9. The van der Waals surface area contributed by atoms with Gasteiger partial charge >= 0.3 is 0 Å². The highest BCUT2D eigenvalue weighted by Crippen LogP contribution is 2.35. The molecule has 6 heteroatoms. The summed E-state index contributed by atoms with van der Waals surface area (Å²) < 4.78 is 11.3. The first-order valence-electron chi connectivity index (χ1n) is 7.30. The van der Waals surface area contributed by atoms with Crippen LogP contribution < -0.4 is 14.8 Å². The first-order valence-corrected chi connectivity index (χ1v) is 8.12. The van der Waals surface area contributed by atoms with Crippen molar-refractivity contribution in [1.29, 1.82) is 5.41 Å². The predicted octanol–water partition coefficient (Wildman–Crippen LogP) is 3.41. The average molecular weight is 340 g/mol. The quantitative estimate of drug-likeness (QED) is 0.818. The summed E-state index contributed by atoms with van der Waals surface area (Å²) in [6.07, 6.45) is 1.71. The summed E-state index contributed by atoms with van der Waals surface area (Å²) in [5.74, 6) is 0.892. The average Bonchev–Trinajstić information content (AvgIpc) is 2.91. The van der Waals surface area contributed by atoms with Crippen molar-refractivity contribution in [3.63, 3.8) is 0 Å². The van der Waals surface area contributed by atoms with E-state index in [1.165, 1.54) is 0 Å². The van der Waals surface area contributed by atoms with E-state index < -0.39 is 0 Å². The van der Waals surface area contributed by atoms with Gasteiger partial charge in [0.25, 0.3) is 5.91 Å². The van der Waals surface area contributed by atoms with Crippen molar-refractivity contribution in [3.8, 4) is 11.5 Å². The Morgan fingerprint density at radius 2 is 1.96 bits per heavy atom.